The number of carbonyl (C=O) groups is 1. The molecule has 1 atom stereocenters. The van der Waals surface area contributed by atoms with E-state index in [1.165, 1.54) is 17.6 Å². The lowest BCUT2D eigenvalue weighted by Crippen LogP contribution is -2.43. The Hall–Kier alpha value is -3.29. The lowest BCUT2D eigenvalue weighted by atomic mass is 9.96. The maximum Gasteiger partial charge on any atom is 0.281 e. The first-order valence-corrected chi connectivity index (χ1v) is 13.1. The zero-order valence-corrected chi connectivity index (χ0v) is 21.5. The van der Waals surface area contributed by atoms with E-state index >= 15 is 0 Å². The van der Waals surface area contributed by atoms with Crippen LogP contribution < -0.4 is 10.1 Å². The van der Waals surface area contributed by atoms with Crippen molar-refractivity contribution in [1.82, 2.24) is 34.8 Å². The summed E-state index contributed by atoms with van der Waals surface area (Å²) in [4.78, 5) is 23.3. The van der Waals surface area contributed by atoms with Gasteiger partial charge in [0.2, 0.25) is 5.65 Å². The normalized spacial score (nSPS) is 15.7. The molecule has 200 valence electrons. The summed E-state index contributed by atoms with van der Waals surface area (Å²) in [6.07, 6.45) is 3.62. The molecule has 1 amide bonds. The average molecular weight is 566 g/mol. The molecule has 0 radical (unpaired) electrons. The molecule has 0 spiro atoms. The zero-order chi connectivity index (χ0) is 26.6. The number of nitrogens with zero attached hydrogens (tertiary/aromatic N) is 6. The lowest BCUT2D eigenvalue weighted by molar-refractivity contribution is 0.0868. The predicted octanol–water partition coefficient (Wildman–Crippen LogP) is 4.57. The van der Waals surface area contributed by atoms with E-state index in [4.69, 9.17) is 16.3 Å². The van der Waals surface area contributed by atoms with Crippen molar-refractivity contribution < 1.29 is 22.7 Å². The van der Waals surface area contributed by atoms with Gasteiger partial charge in [-0.2, -0.15) is 0 Å². The maximum absolute atomic E-state index is 14.2. The molecule has 5 rings (SSSR count). The second kappa shape index (κ2) is 11.6. The van der Waals surface area contributed by atoms with E-state index in [-0.39, 0.29) is 28.7 Å². The van der Waals surface area contributed by atoms with Gasteiger partial charge in [-0.25, -0.2) is 23.1 Å². The fraction of sp³-hybridized carbons (Fsp3) is 0.375. The second-order valence-electron chi connectivity index (χ2n) is 8.81. The van der Waals surface area contributed by atoms with Gasteiger partial charge in [0.25, 0.3) is 18.2 Å². The molecule has 1 aromatic carbocycles. The monoisotopic (exact) mass is 565 g/mol. The van der Waals surface area contributed by atoms with Crippen LogP contribution in [0.5, 0.6) is 5.88 Å². The molecule has 0 bridgehead atoms. The number of benzene rings is 1. The van der Waals surface area contributed by atoms with Crippen LogP contribution in [0.2, 0.25) is 5.02 Å². The van der Waals surface area contributed by atoms with Gasteiger partial charge in [0.05, 0.1) is 33.6 Å². The number of fused-ring (bicyclic) bond motifs is 1. The van der Waals surface area contributed by atoms with Crippen molar-refractivity contribution in [2.75, 3.05) is 26.2 Å². The number of carbonyl (C=O) groups excluding carboxylic acids is 1. The minimum atomic E-state index is -2.76. The van der Waals surface area contributed by atoms with Crippen LogP contribution in [-0.4, -0.2) is 61.6 Å². The Balaban J connectivity index is 1.26. The van der Waals surface area contributed by atoms with E-state index in [2.05, 4.69) is 25.5 Å². The number of hydrogen-bond acceptors (Lipinski definition) is 8. The third-order valence-corrected chi connectivity index (χ3v) is 7.77. The highest BCUT2D eigenvalue weighted by molar-refractivity contribution is 7.09. The van der Waals surface area contributed by atoms with Crippen molar-refractivity contribution in [1.29, 1.82) is 0 Å². The predicted molar refractivity (Wildman–Crippen MR) is 134 cm³/mol. The van der Waals surface area contributed by atoms with Gasteiger partial charge in [-0.05, 0) is 44.0 Å². The standard InChI is InChI=1S/C24H23ClF3N7O2S/c25-15-2-1-3-16(26)18(15)23(36)30-10-17(20-19(21(27)28)31-13-38-20)34-7-4-14(5-8-34)11-37-24-22-33-32-12-35(22)9-6-29-24/h1-3,6,9,12-14,17,21H,4-5,7-8,10-11H2,(H,30,36). The first-order chi connectivity index (χ1) is 18.4. The molecule has 14 heteroatoms. The molecule has 1 unspecified atom stereocenters. The van der Waals surface area contributed by atoms with Crippen molar-refractivity contribution in [3.8, 4) is 5.88 Å². The number of aromatic nitrogens is 5. The fourth-order valence-electron chi connectivity index (χ4n) is 4.52. The summed E-state index contributed by atoms with van der Waals surface area (Å²) in [6, 6.07) is 3.40. The molecule has 3 aromatic heterocycles. The molecule has 1 aliphatic rings. The molecule has 4 aromatic rings. The highest BCUT2D eigenvalue weighted by Gasteiger charge is 2.32. The van der Waals surface area contributed by atoms with Gasteiger partial charge in [0.1, 0.15) is 17.8 Å². The molecule has 1 N–H and O–H groups in total. The number of rotatable bonds is 9. The summed E-state index contributed by atoms with van der Waals surface area (Å²) >= 11 is 7.14. The Bertz CT molecular complexity index is 1390. The largest absolute Gasteiger partial charge is 0.475 e. The second-order valence-corrected chi connectivity index (χ2v) is 10.1. The molecule has 9 nitrogen and oxygen atoms in total. The molecular weight excluding hydrogens is 543 g/mol. The summed E-state index contributed by atoms with van der Waals surface area (Å²) in [5.41, 5.74) is 1.31. The molecule has 1 aliphatic heterocycles. The third kappa shape index (κ3) is 5.59. The smallest absolute Gasteiger partial charge is 0.281 e. The van der Waals surface area contributed by atoms with Gasteiger partial charge >= 0.3 is 0 Å². The highest BCUT2D eigenvalue weighted by Crippen LogP contribution is 2.35. The molecule has 1 saturated heterocycles. The quantitative estimate of drug-likeness (QED) is 0.317. The van der Waals surface area contributed by atoms with Gasteiger partial charge in [0, 0.05) is 18.9 Å². The minimum Gasteiger partial charge on any atom is -0.475 e. The Labute approximate surface area is 224 Å². The van der Waals surface area contributed by atoms with Gasteiger partial charge in [-0.1, -0.05) is 17.7 Å². The van der Waals surface area contributed by atoms with Crippen molar-refractivity contribution in [2.45, 2.75) is 25.3 Å². The van der Waals surface area contributed by atoms with E-state index in [1.807, 2.05) is 4.90 Å². The first kappa shape index (κ1) is 26.3. The number of ether oxygens (including phenoxy) is 1. The summed E-state index contributed by atoms with van der Waals surface area (Å²) in [5, 5.41) is 10.5. The SMILES string of the molecule is O=C(NCC(c1scnc1C(F)F)N1CCC(COc2nccn3cnnc23)CC1)c1c(F)cccc1Cl. The fourth-order valence-corrected chi connectivity index (χ4v) is 5.70. The van der Waals surface area contributed by atoms with Crippen molar-refractivity contribution in [3.05, 3.63) is 69.4 Å². The van der Waals surface area contributed by atoms with Crippen LogP contribution in [0.15, 0.2) is 42.4 Å². The Kier molecular flexibility index (Phi) is 8.05. The molecular formula is C24H23ClF3N7O2S. The van der Waals surface area contributed by atoms with Crippen LogP contribution in [0.25, 0.3) is 5.65 Å². The summed E-state index contributed by atoms with van der Waals surface area (Å²) in [6.45, 7) is 1.57. The van der Waals surface area contributed by atoms with Crippen LogP contribution in [0.1, 0.15) is 46.2 Å². The number of amides is 1. The number of hydrogen-bond donors (Lipinski definition) is 1. The van der Waals surface area contributed by atoms with Gasteiger partial charge in [0.15, 0.2) is 0 Å². The van der Waals surface area contributed by atoms with E-state index in [1.54, 1.807) is 23.1 Å². The van der Waals surface area contributed by atoms with E-state index in [0.717, 1.165) is 30.2 Å². The topological polar surface area (TPSA) is 97.5 Å². The molecule has 1 fully saturated rings. The molecule has 38 heavy (non-hydrogen) atoms. The minimum absolute atomic E-state index is 0.00856. The van der Waals surface area contributed by atoms with Crippen molar-refractivity contribution >= 4 is 34.5 Å². The number of alkyl halides is 2. The third-order valence-electron chi connectivity index (χ3n) is 6.51. The van der Waals surface area contributed by atoms with E-state index in [9.17, 15) is 18.0 Å². The van der Waals surface area contributed by atoms with E-state index < -0.39 is 24.2 Å². The van der Waals surface area contributed by atoms with Gasteiger partial charge in [-0.3, -0.25) is 14.1 Å². The zero-order valence-electron chi connectivity index (χ0n) is 19.9. The van der Waals surface area contributed by atoms with Gasteiger partial charge in [-0.15, -0.1) is 21.5 Å². The summed E-state index contributed by atoms with van der Waals surface area (Å²) in [5.74, 6) is -0.861. The van der Waals surface area contributed by atoms with Crippen LogP contribution >= 0.6 is 22.9 Å². The number of thiazole rings is 1. The Morgan fingerprint density at radius 1 is 1.26 bits per heavy atom. The lowest BCUT2D eigenvalue weighted by Gasteiger charge is -2.37. The number of piperidine rings is 1. The summed E-state index contributed by atoms with van der Waals surface area (Å²) < 4.78 is 49.3. The summed E-state index contributed by atoms with van der Waals surface area (Å²) in [7, 11) is 0. The molecule has 0 saturated carbocycles. The Morgan fingerprint density at radius 2 is 2.08 bits per heavy atom. The van der Waals surface area contributed by atoms with Crippen molar-refractivity contribution in [2.24, 2.45) is 5.92 Å². The molecule has 4 heterocycles. The van der Waals surface area contributed by atoms with E-state index in [0.29, 0.717) is 36.1 Å². The van der Waals surface area contributed by atoms with Crippen molar-refractivity contribution in [3.63, 3.8) is 0 Å². The van der Waals surface area contributed by atoms with Crippen LogP contribution in [0.4, 0.5) is 13.2 Å². The van der Waals surface area contributed by atoms with Crippen LogP contribution in [0.3, 0.4) is 0 Å². The Morgan fingerprint density at radius 3 is 2.84 bits per heavy atom. The maximum atomic E-state index is 14.2. The average Bonchev–Trinajstić information content (AvgIpc) is 3.59. The number of likely N-dealkylation sites (tertiary alicyclic amines) is 1. The first-order valence-electron chi connectivity index (χ1n) is 11.9. The van der Waals surface area contributed by atoms with Crippen LogP contribution in [0, 0.1) is 11.7 Å². The molecule has 0 aliphatic carbocycles. The van der Waals surface area contributed by atoms with Crippen LogP contribution in [-0.2, 0) is 0 Å². The number of halogens is 4. The van der Waals surface area contributed by atoms with Gasteiger partial charge < -0.3 is 10.1 Å². The number of nitrogens with one attached hydrogen (secondary N) is 1. The highest BCUT2D eigenvalue weighted by atomic mass is 35.5.